The van der Waals surface area contributed by atoms with Crippen LogP contribution in [0.15, 0.2) is 96.5 Å². The quantitative estimate of drug-likeness (QED) is 0.0451. The van der Waals surface area contributed by atoms with E-state index in [1.54, 1.807) is 83.6 Å². The molecule has 4 aromatic carbocycles. The molecule has 0 aliphatic carbocycles. The van der Waals surface area contributed by atoms with Gasteiger partial charge in [-0.25, -0.2) is 4.98 Å². The third-order valence-electron chi connectivity index (χ3n) is 10.4. The Hall–Kier alpha value is -6.21. The first-order chi connectivity index (χ1) is 31.0. The molecule has 0 unspecified atom stereocenters. The molecule has 7 rings (SSSR count). The van der Waals surface area contributed by atoms with Gasteiger partial charge < -0.3 is 49.8 Å². The fourth-order valence-electron chi connectivity index (χ4n) is 7.12. The maximum Gasteiger partial charge on any atom is 0.246 e. The van der Waals surface area contributed by atoms with Gasteiger partial charge in [-0.2, -0.15) is 0 Å². The van der Waals surface area contributed by atoms with Gasteiger partial charge in [-0.1, -0.05) is 24.3 Å². The van der Waals surface area contributed by atoms with E-state index in [-0.39, 0.29) is 75.7 Å². The van der Waals surface area contributed by atoms with Gasteiger partial charge in [-0.15, -0.1) is 22.7 Å². The monoisotopic (exact) mass is 908 g/mol. The molecule has 0 saturated carbocycles. The van der Waals surface area contributed by atoms with Crippen LogP contribution in [-0.2, 0) is 35.1 Å². The van der Waals surface area contributed by atoms with E-state index in [9.17, 15) is 34.5 Å². The standard InChI is InChI=1S/C47H48N4O11S2/c1-29-45(63-28-50-29)32-4-2-30(3-5-32)24-49-47(58)39-22-36(54)26-51(39)42(56)25-48-41(55)27-61-19-18-59-16-17-60-20-21-62-37-13-8-31(9-14-37)44(57)43-38-15-12-35(53)23-40(38)64-46(43)33-6-10-34(52)11-7-33/h2-15,23,28,36,39,52-54H,16-22,24-27H2,1H3,(H,48,55)(H,49,58)/t36-,39+/m1/s1. The molecule has 1 aliphatic rings. The predicted molar refractivity (Wildman–Crippen MR) is 242 cm³/mol. The SMILES string of the molecule is Cc1ncsc1-c1ccc(CNC(=O)[C@@H]2C[C@@H](O)CN2C(=O)CNC(=O)COCCOCCOCCOc2ccc(C(=O)c3c(-c4ccc(O)cc4)sc4cc(O)ccc34)cc2)cc1. The van der Waals surface area contributed by atoms with Crippen molar-refractivity contribution in [2.24, 2.45) is 0 Å². The second-order valence-corrected chi connectivity index (χ2v) is 16.8. The molecule has 0 radical (unpaired) electrons. The van der Waals surface area contributed by atoms with E-state index in [0.29, 0.717) is 36.7 Å². The van der Waals surface area contributed by atoms with Crippen LogP contribution >= 0.6 is 22.7 Å². The number of ether oxygens (including phenoxy) is 4. The summed E-state index contributed by atoms with van der Waals surface area (Å²) in [4.78, 5) is 59.6. The summed E-state index contributed by atoms with van der Waals surface area (Å²) >= 11 is 2.96. The molecule has 1 fully saturated rings. The summed E-state index contributed by atoms with van der Waals surface area (Å²) < 4.78 is 23.0. The van der Waals surface area contributed by atoms with Gasteiger partial charge in [-0.05, 0) is 90.3 Å². The summed E-state index contributed by atoms with van der Waals surface area (Å²) in [6.45, 7) is 3.10. The minimum Gasteiger partial charge on any atom is -0.508 e. The molecule has 0 bridgehead atoms. The number of amides is 3. The average molecular weight is 909 g/mol. The van der Waals surface area contributed by atoms with Crippen LogP contribution in [0, 0.1) is 6.92 Å². The van der Waals surface area contributed by atoms with Gasteiger partial charge in [0.15, 0.2) is 5.78 Å². The van der Waals surface area contributed by atoms with E-state index in [2.05, 4.69) is 15.6 Å². The van der Waals surface area contributed by atoms with Gasteiger partial charge in [0.1, 0.15) is 36.5 Å². The van der Waals surface area contributed by atoms with E-state index < -0.39 is 24.0 Å². The van der Waals surface area contributed by atoms with Gasteiger partial charge >= 0.3 is 0 Å². The number of ketones is 1. The van der Waals surface area contributed by atoms with Gasteiger partial charge in [0.2, 0.25) is 17.7 Å². The minimum atomic E-state index is -0.855. The van der Waals surface area contributed by atoms with Gasteiger partial charge in [0, 0.05) is 45.6 Å². The number of nitrogens with one attached hydrogen (secondary N) is 2. The van der Waals surface area contributed by atoms with E-state index in [4.69, 9.17) is 18.9 Å². The Morgan fingerprint density at radius 3 is 2.14 bits per heavy atom. The van der Waals surface area contributed by atoms with E-state index >= 15 is 0 Å². The highest BCUT2D eigenvalue weighted by molar-refractivity contribution is 7.22. The van der Waals surface area contributed by atoms with Gasteiger partial charge in [0.25, 0.3) is 0 Å². The first-order valence-corrected chi connectivity index (χ1v) is 22.3. The molecule has 2 aromatic heterocycles. The number of hydrogen-bond donors (Lipinski definition) is 5. The van der Waals surface area contributed by atoms with E-state index in [1.807, 2.05) is 31.2 Å². The zero-order valence-electron chi connectivity index (χ0n) is 35.0. The van der Waals surface area contributed by atoms with Crippen molar-refractivity contribution in [1.82, 2.24) is 20.5 Å². The van der Waals surface area contributed by atoms with Crippen LogP contribution in [0.4, 0.5) is 0 Å². The first-order valence-electron chi connectivity index (χ1n) is 20.6. The summed E-state index contributed by atoms with van der Waals surface area (Å²) in [6, 6.07) is 25.4. The van der Waals surface area contributed by atoms with Crippen molar-refractivity contribution in [2.45, 2.75) is 32.0 Å². The summed E-state index contributed by atoms with van der Waals surface area (Å²) in [7, 11) is 0. The first kappa shape index (κ1) is 45.8. The molecule has 15 nitrogen and oxygen atoms in total. The molecule has 1 saturated heterocycles. The number of benzene rings is 4. The van der Waals surface area contributed by atoms with Gasteiger partial charge in [0.05, 0.1) is 61.8 Å². The Bertz CT molecular complexity index is 2540. The van der Waals surface area contributed by atoms with Crippen molar-refractivity contribution < 1.29 is 53.4 Å². The number of phenols is 2. The van der Waals surface area contributed by atoms with Crippen molar-refractivity contribution in [3.05, 3.63) is 119 Å². The van der Waals surface area contributed by atoms with Crippen LogP contribution < -0.4 is 15.4 Å². The van der Waals surface area contributed by atoms with E-state index in [0.717, 1.165) is 42.2 Å². The highest BCUT2D eigenvalue weighted by Crippen LogP contribution is 2.41. The second-order valence-electron chi connectivity index (χ2n) is 14.9. The largest absolute Gasteiger partial charge is 0.508 e. The lowest BCUT2D eigenvalue weighted by molar-refractivity contribution is -0.139. The molecular weight excluding hydrogens is 861 g/mol. The third-order valence-corrected chi connectivity index (χ3v) is 12.6. The molecule has 0 spiro atoms. The maximum atomic E-state index is 13.8. The Balaban J connectivity index is 0.736. The highest BCUT2D eigenvalue weighted by Gasteiger charge is 2.38. The number of carbonyl (C=O) groups is 4. The predicted octanol–water partition coefficient (Wildman–Crippen LogP) is 5.47. The number of nitrogens with zero attached hydrogens (tertiary/aromatic N) is 2. The number of phenolic OH excluding ortho intramolecular Hbond substituents is 2. The molecule has 5 N–H and O–H groups in total. The van der Waals surface area contributed by atoms with E-state index in [1.165, 1.54) is 16.2 Å². The van der Waals surface area contributed by atoms with Crippen molar-refractivity contribution in [2.75, 3.05) is 59.3 Å². The van der Waals surface area contributed by atoms with Crippen molar-refractivity contribution in [3.8, 4) is 38.1 Å². The topological polar surface area (TPSA) is 206 Å². The number of aryl methyl sites for hydroxylation is 1. The number of rotatable bonds is 21. The smallest absolute Gasteiger partial charge is 0.246 e. The number of aliphatic hydroxyl groups is 1. The molecule has 334 valence electrons. The fourth-order valence-corrected chi connectivity index (χ4v) is 9.17. The minimum absolute atomic E-state index is 0.00749. The van der Waals surface area contributed by atoms with Gasteiger partial charge in [-0.3, -0.25) is 19.2 Å². The number of fused-ring (bicyclic) bond motifs is 1. The van der Waals surface area contributed by atoms with Crippen molar-refractivity contribution >= 4 is 56.3 Å². The maximum absolute atomic E-state index is 13.8. The number of aliphatic hydroxyl groups excluding tert-OH is 1. The summed E-state index contributed by atoms with van der Waals surface area (Å²) in [5, 5.41) is 36.2. The number of carbonyl (C=O) groups excluding carboxylic acids is 4. The number of likely N-dealkylation sites (tertiary alicyclic amines) is 1. The number of β-amino-alcohol motifs (C(OH)–C–C–N with tert-alkyl or cyclic N) is 1. The molecular formula is C47H48N4O11S2. The van der Waals surface area contributed by atoms with Crippen LogP contribution in [0.2, 0.25) is 0 Å². The average Bonchev–Trinajstić information content (AvgIpc) is 4.03. The van der Waals surface area contributed by atoms with Crippen LogP contribution in [-0.4, -0.2) is 120 Å². The zero-order chi connectivity index (χ0) is 45.0. The number of thiazole rings is 1. The second kappa shape index (κ2) is 21.9. The lowest BCUT2D eigenvalue weighted by atomic mass is 9.97. The van der Waals surface area contributed by atoms with Crippen LogP contribution in [0.25, 0.3) is 31.0 Å². The lowest BCUT2D eigenvalue weighted by Gasteiger charge is -2.24. The Morgan fingerprint density at radius 1 is 0.781 bits per heavy atom. The van der Waals surface area contributed by atoms with Crippen molar-refractivity contribution in [3.63, 3.8) is 0 Å². The van der Waals surface area contributed by atoms with Crippen LogP contribution in [0.3, 0.4) is 0 Å². The third kappa shape index (κ3) is 11.9. The normalized spacial score (nSPS) is 14.8. The van der Waals surface area contributed by atoms with Crippen molar-refractivity contribution in [1.29, 1.82) is 0 Å². The highest BCUT2D eigenvalue weighted by atomic mass is 32.1. The Labute approximate surface area is 377 Å². The van der Waals surface area contributed by atoms with Crippen LogP contribution in [0.5, 0.6) is 17.2 Å². The molecule has 1 aliphatic heterocycles. The summed E-state index contributed by atoms with van der Waals surface area (Å²) in [5.41, 5.74) is 6.47. The zero-order valence-corrected chi connectivity index (χ0v) is 36.6. The fraction of sp³-hybridized carbons (Fsp3) is 0.298. The summed E-state index contributed by atoms with van der Waals surface area (Å²) in [6.07, 6.45) is -0.749. The summed E-state index contributed by atoms with van der Waals surface area (Å²) in [5.74, 6) is -0.744. The van der Waals surface area contributed by atoms with Crippen LogP contribution in [0.1, 0.15) is 33.6 Å². The molecule has 64 heavy (non-hydrogen) atoms. The molecule has 17 heteroatoms. The molecule has 3 amide bonds. The number of aromatic hydroxyl groups is 2. The number of aromatic nitrogens is 1. The lowest BCUT2D eigenvalue weighted by Crippen LogP contribution is -2.49. The molecule has 6 aromatic rings. The Kier molecular flexibility index (Phi) is 15.7. The number of thiophene rings is 1. The number of hydrogen-bond acceptors (Lipinski definition) is 14. The Morgan fingerprint density at radius 2 is 1.44 bits per heavy atom. The molecule has 2 atom stereocenters. The molecule has 3 heterocycles.